The Hall–Kier alpha value is -2.98. The molecule has 0 aliphatic carbocycles. The van der Waals surface area contributed by atoms with Gasteiger partial charge in [-0.2, -0.15) is 4.98 Å². The zero-order chi connectivity index (χ0) is 22.1. The number of nitrogens with zero attached hydrogens (tertiary/aromatic N) is 5. The van der Waals surface area contributed by atoms with Gasteiger partial charge in [-0.3, -0.25) is 4.79 Å². The van der Waals surface area contributed by atoms with E-state index in [-0.39, 0.29) is 29.5 Å². The molecule has 3 aromatic rings. The highest BCUT2D eigenvalue weighted by Crippen LogP contribution is 2.23. The van der Waals surface area contributed by atoms with Crippen molar-refractivity contribution in [1.82, 2.24) is 24.7 Å². The van der Waals surface area contributed by atoms with Gasteiger partial charge in [0, 0.05) is 49.8 Å². The van der Waals surface area contributed by atoms with Crippen molar-refractivity contribution in [2.75, 3.05) is 29.9 Å². The summed E-state index contributed by atoms with van der Waals surface area (Å²) >= 11 is 0. The quantitative estimate of drug-likeness (QED) is 0.600. The number of piperazine rings is 1. The first-order valence-corrected chi connectivity index (χ1v) is 10.3. The van der Waals surface area contributed by atoms with Gasteiger partial charge in [-0.05, 0) is 27.7 Å². The molecule has 2 unspecified atom stereocenters. The number of fused-ring (bicyclic) bond motifs is 1. The first-order chi connectivity index (χ1) is 14.8. The third kappa shape index (κ3) is 4.91. The molecule has 11 heteroatoms. The summed E-state index contributed by atoms with van der Waals surface area (Å²) in [5, 5.41) is 6.17. The van der Waals surface area contributed by atoms with Crippen LogP contribution in [0.4, 0.5) is 16.0 Å². The monoisotopic (exact) mass is 463 g/mol. The van der Waals surface area contributed by atoms with Gasteiger partial charge in [0.05, 0.1) is 18.0 Å². The van der Waals surface area contributed by atoms with Crippen molar-refractivity contribution >= 4 is 35.6 Å². The van der Waals surface area contributed by atoms with Crippen LogP contribution in [0.15, 0.2) is 24.7 Å². The molecule has 0 aromatic carbocycles. The highest BCUT2D eigenvalue weighted by atomic mass is 35.5. The number of rotatable bonds is 5. The summed E-state index contributed by atoms with van der Waals surface area (Å²) in [5.41, 5.74) is 1.37. The van der Waals surface area contributed by atoms with E-state index in [0.29, 0.717) is 36.0 Å². The molecule has 4 rings (SSSR count). The first-order valence-electron chi connectivity index (χ1n) is 10.3. The standard InChI is InChI=1S/C21H26FN7O2.ClH/c1-5-31-20-16(7-23-21(27-20)29-9-12(2)24-13(3)10-29)19(30)26-15-6-17(22)18-25-14(4)8-28(18)11-15;/h6-8,11-13,24H,5,9-10H2,1-4H3,(H,26,30);1H. The lowest BCUT2D eigenvalue weighted by Crippen LogP contribution is -2.54. The van der Waals surface area contributed by atoms with E-state index in [1.165, 1.54) is 16.7 Å². The first kappa shape index (κ1) is 23.7. The van der Waals surface area contributed by atoms with Crippen LogP contribution in [0.2, 0.25) is 0 Å². The zero-order valence-electron chi connectivity index (χ0n) is 18.4. The molecule has 1 amide bonds. The van der Waals surface area contributed by atoms with Gasteiger partial charge in [-0.25, -0.2) is 14.4 Å². The van der Waals surface area contributed by atoms with Crippen molar-refractivity contribution in [3.63, 3.8) is 0 Å². The number of aryl methyl sites for hydroxylation is 1. The van der Waals surface area contributed by atoms with Crippen LogP contribution in [0, 0.1) is 12.7 Å². The van der Waals surface area contributed by atoms with Crippen molar-refractivity contribution in [3.8, 4) is 5.88 Å². The van der Waals surface area contributed by atoms with Gasteiger partial charge in [0.2, 0.25) is 11.8 Å². The Kier molecular flexibility index (Phi) is 7.15. The van der Waals surface area contributed by atoms with Crippen molar-refractivity contribution in [2.24, 2.45) is 0 Å². The second-order valence-electron chi connectivity index (χ2n) is 7.84. The molecule has 0 saturated carbocycles. The van der Waals surface area contributed by atoms with E-state index < -0.39 is 11.7 Å². The third-order valence-corrected chi connectivity index (χ3v) is 4.99. The molecule has 2 atom stereocenters. The molecular weight excluding hydrogens is 437 g/mol. The van der Waals surface area contributed by atoms with E-state index in [4.69, 9.17) is 4.74 Å². The van der Waals surface area contributed by atoms with Crippen LogP contribution in [0.1, 0.15) is 36.8 Å². The number of carbonyl (C=O) groups excluding carboxylic acids is 1. The lowest BCUT2D eigenvalue weighted by atomic mass is 10.1. The normalized spacial score (nSPS) is 18.3. The Morgan fingerprint density at radius 2 is 2.00 bits per heavy atom. The van der Waals surface area contributed by atoms with Gasteiger partial charge in [0.15, 0.2) is 11.5 Å². The molecule has 0 radical (unpaired) electrons. The molecular formula is C21H27ClFN7O2. The van der Waals surface area contributed by atoms with Gasteiger partial charge < -0.3 is 24.7 Å². The SMILES string of the molecule is CCOc1nc(N2CC(C)NC(C)C2)ncc1C(=O)Nc1cc(F)c2nc(C)cn2c1.Cl. The Balaban J connectivity index is 0.00000289. The summed E-state index contributed by atoms with van der Waals surface area (Å²) in [6.45, 7) is 9.66. The summed E-state index contributed by atoms with van der Waals surface area (Å²) < 4.78 is 21.5. The van der Waals surface area contributed by atoms with E-state index in [2.05, 4.69) is 44.3 Å². The average molecular weight is 464 g/mol. The Labute approximate surface area is 191 Å². The molecule has 32 heavy (non-hydrogen) atoms. The zero-order valence-corrected chi connectivity index (χ0v) is 19.2. The number of halogens is 2. The van der Waals surface area contributed by atoms with Crippen LogP contribution in [0.3, 0.4) is 0 Å². The van der Waals surface area contributed by atoms with Crippen LogP contribution in [-0.2, 0) is 0 Å². The number of hydrogen-bond acceptors (Lipinski definition) is 7. The van der Waals surface area contributed by atoms with Crippen molar-refractivity contribution < 1.29 is 13.9 Å². The lowest BCUT2D eigenvalue weighted by Gasteiger charge is -2.36. The van der Waals surface area contributed by atoms with Crippen molar-refractivity contribution in [1.29, 1.82) is 0 Å². The van der Waals surface area contributed by atoms with Gasteiger partial charge in [-0.1, -0.05) is 0 Å². The van der Waals surface area contributed by atoms with Crippen LogP contribution in [-0.4, -0.2) is 57.0 Å². The number of amides is 1. The van der Waals surface area contributed by atoms with Crippen molar-refractivity contribution in [2.45, 2.75) is 39.8 Å². The smallest absolute Gasteiger partial charge is 0.262 e. The van der Waals surface area contributed by atoms with Gasteiger partial charge in [0.1, 0.15) is 5.56 Å². The molecule has 1 aliphatic rings. The van der Waals surface area contributed by atoms with Gasteiger partial charge in [-0.15, -0.1) is 12.4 Å². The number of carbonyl (C=O) groups is 1. The molecule has 2 N–H and O–H groups in total. The summed E-state index contributed by atoms with van der Waals surface area (Å²) in [7, 11) is 0. The predicted octanol–water partition coefficient (Wildman–Crippen LogP) is 2.83. The maximum atomic E-state index is 14.3. The van der Waals surface area contributed by atoms with E-state index in [1.807, 2.05) is 6.92 Å². The maximum absolute atomic E-state index is 14.3. The summed E-state index contributed by atoms with van der Waals surface area (Å²) in [4.78, 5) is 28.0. The maximum Gasteiger partial charge on any atom is 0.262 e. The van der Waals surface area contributed by atoms with Crippen molar-refractivity contribution in [3.05, 3.63) is 41.7 Å². The average Bonchev–Trinajstić information content (AvgIpc) is 3.08. The molecule has 4 heterocycles. The largest absolute Gasteiger partial charge is 0.477 e. The lowest BCUT2D eigenvalue weighted by molar-refractivity contribution is 0.102. The van der Waals surface area contributed by atoms with E-state index in [0.717, 1.165) is 13.1 Å². The fraction of sp³-hybridized carbons (Fsp3) is 0.429. The molecule has 1 aliphatic heterocycles. The molecule has 1 saturated heterocycles. The van der Waals surface area contributed by atoms with Gasteiger partial charge in [0.25, 0.3) is 5.91 Å². The number of anilines is 2. The Bertz CT molecular complexity index is 1110. The van der Waals surface area contributed by atoms with E-state index >= 15 is 0 Å². The predicted molar refractivity (Wildman–Crippen MR) is 123 cm³/mol. The minimum absolute atomic E-state index is 0. The highest BCUT2D eigenvalue weighted by molar-refractivity contribution is 6.05. The summed E-state index contributed by atoms with van der Waals surface area (Å²) in [6, 6.07) is 1.82. The second-order valence-corrected chi connectivity index (χ2v) is 7.84. The fourth-order valence-electron chi connectivity index (χ4n) is 3.85. The minimum atomic E-state index is -0.524. The molecule has 3 aromatic heterocycles. The number of ether oxygens (including phenoxy) is 1. The number of imidazole rings is 1. The molecule has 1 fully saturated rings. The Morgan fingerprint density at radius 3 is 2.69 bits per heavy atom. The summed E-state index contributed by atoms with van der Waals surface area (Å²) in [6.07, 6.45) is 4.75. The molecule has 172 valence electrons. The number of nitrogens with one attached hydrogen (secondary N) is 2. The highest BCUT2D eigenvalue weighted by Gasteiger charge is 2.25. The molecule has 9 nitrogen and oxygen atoms in total. The molecule has 0 bridgehead atoms. The van der Waals surface area contributed by atoms with E-state index in [1.54, 1.807) is 19.3 Å². The number of pyridine rings is 1. The van der Waals surface area contributed by atoms with Crippen LogP contribution in [0.25, 0.3) is 5.65 Å². The molecule has 0 spiro atoms. The minimum Gasteiger partial charge on any atom is -0.477 e. The fourth-order valence-corrected chi connectivity index (χ4v) is 3.85. The topological polar surface area (TPSA) is 96.7 Å². The third-order valence-electron chi connectivity index (χ3n) is 4.99. The number of aromatic nitrogens is 4. The number of hydrogen-bond donors (Lipinski definition) is 2. The second kappa shape index (κ2) is 9.66. The van der Waals surface area contributed by atoms with Crippen LogP contribution in [0.5, 0.6) is 5.88 Å². The van der Waals surface area contributed by atoms with Gasteiger partial charge >= 0.3 is 0 Å². The summed E-state index contributed by atoms with van der Waals surface area (Å²) in [5.74, 6) is -0.289. The van der Waals surface area contributed by atoms with E-state index in [9.17, 15) is 9.18 Å². The van der Waals surface area contributed by atoms with Crippen LogP contribution < -0.4 is 20.3 Å². The Morgan fingerprint density at radius 1 is 1.28 bits per heavy atom. The van der Waals surface area contributed by atoms with Crippen LogP contribution >= 0.6 is 12.4 Å².